The molecule has 3 atom stereocenters. The molecule has 1 aliphatic heterocycles. The van der Waals surface area contributed by atoms with Crippen molar-refractivity contribution in [1.29, 1.82) is 0 Å². The van der Waals surface area contributed by atoms with Crippen LogP contribution in [0.15, 0.2) is 18.2 Å². The molecular formula is C17H23F2NO3. The highest BCUT2D eigenvalue weighted by Gasteiger charge is 2.50. The maximum atomic E-state index is 12.7. The predicted molar refractivity (Wildman–Crippen MR) is 82.2 cm³/mol. The van der Waals surface area contributed by atoms with Crippen LogP contribution in [0.2, 0.25) is 0 Å². The van der Waals surface area contributed by atoms with Gasteiger partial charge >= 0.3 is 6.61 Å². The molecule has 0 amide bonds. The van der Waals surface area contributed by atoms with Crippen LogP contribution in [0, 0.1) is 0 Å². The first-order valence-electron chi connectivity index (χ1n) is 7.98. The van der Waals surface area contributed by atoms with E-state index in [0.29, 0.717) is 12.2 Å². The zero-order chi connectivity index (χ0) is 16.6. The van der Waals surface area contributed by atoms with E-state index < -0.39 is 6.61 Å². The molecule has 0 radical (unpaired) electrons. The molecule has 1 aromatic rings. The quantitative estimate of drug-likeness (QED) is 0.923. The Balaban J connectivity index is 1.99. The molecule has 1 saturated carbocycles. The summed E-state index contributed by atoms with van der Waals surface area (Å²) >= 11 is 0. The van der Waals surface area contributed by atoms with Crippen molar-refractivity contribution in [3.8, 4) is 11.5 Å². The number of nitrogens with zero attached hydrogens (tertiary/aromatic N) is 1. The van der Waals surface area contributed by atoms with Gasteiger partial charge < -0.3 is 19.5 Å². The topological polar surface area (TPSA) is 41.9 Å². The lowest BCUT2D eigenvalue weighted by Crippen LogP contribution is -2.47. The Bertz CT molecular complexity index is 569. The maximum Gasteiger partial charge on any atom is 0.387 e. The van der Waals surface area contributed by atoms with Gasteiger partial charge in [0, 0.05) is 11.5 Å². The number of hydrogen-bond donors (Lipinski definition) is 1. The number of methoxy groups -OCH3 is 1. The Hall–Kier alpha value is -1.40. The number of alkyl halides is 2. The van der Waals surface area contributed by atoms with Crippen molar-refractivity contribution in [2.75, 3.05) is 20.7 Å². The molecule has 1 aromatic carbocycles. The van der Waals surface area contributed by atoms with E-state index in [4.69, 9.17) is 4.74 Å². The van der Waals surface area contributed by atoms with Crippen molar-refractivity contribution < 1.29 is 23.4 Å². The molecule has 2 aliphatic rings. The summed E-state index contributed by atoms with van der Waals surface area (Å²) in [7, 11) is 3.50. The molecule has 128 valence electrons. The minimum absolute atomic E-state index is 0.0776. The molecular weight excluding hydrogens is 304 g/mol. The average molecular weight is 327 g/mol. The van der Waals surface area contributed by atoms with Crippen LogP contribution in [0.25, 0.3) is 0 Å². The van der Waals surface area contributed by atoms with E-state index in [1.807, 2.05) is 6.07 Å². The van der Waals surface area contributed by atoms with Crippen LogP contribution < -0.4 is 9.47 Å². The Morgan fingerprint density at radius 3 is 2.78 bits per heavy atom. The summed E-state index contributed by atoms with van der Waals surface area (Å²) in [5.41, 5.74) is 0.885. The second kappa shape index (κ2) is 6.24. The largest absolute Gasteiger partial charge is 0.493 e. The minimum atomic E-state index is -2.88. The summed E-state index contributed by atoms with van der Waals surface area (Å²) in [5, 5.41) is 10.0. The van der Waals surface area contributed by atoms with E-state index in [1.165, 1.54) is 7.11 Å². The van der Waals surface area contributed by atoms with Crippen LogP contribution in [0.3, 0.4) is 0 Å². The summed E-state index contributed by atoms with van der Waals surface area (Å²) in [5.74, 6) is 0.387. The second-order valence-electron chi connectivity index (χ2n) is 6.57. The van der Waals surface area contributed by atoms with E-state index >= 15 is 0 Å². The third-order valence-electron chi connectivity index (χ3n) is 5.45. The number of benzene rings is 1. The minimum Gasteiger partial charge on any atom is -0.493 e. The van der Waals surface area contributed by atoms with Gasteiger partial charge in [-0.2, -0.15) is 8.78 Å². The summed E-state index contributed by atoms with van der Waals surface area (Å²) in [6, 6.07) is 5.55. The number of ether oxygens (including phenoxy) is 2. The van der Waals surface area contributed by atoms with Crippen LogP contribution in [0.5, 0.6) is 11.5 Å². The van der Waals surface area contributed by atoms with Gasteiger partial charge in [0.2, 0.25) is 0 Å². The second-order valence-corrected chi connectivity index (χ2v) is 6.57. The number of aliphatic hydroxyl groups excluding tert-OH is 1. The van der Waals surface area contributed by atoms with Gasteiger partial charge in [-0.15, -0.1) is 0 Å². The van der Waals surface area contributed by atoms with Crippen molar-refractivity contribution in [3.05, 3.63) is 23.8 Å². The average Bonchev–Trinajstić information content (AvgIpc) is 2.85. The molecule has 0 spiro atoms. The van der Waals surface area contributed by atoms with Gasteiger partial charge in [-0.25, -0.2) is 0 Å². The van der Waals surface area contributed by atoms with Crippen LogP contribution in [-0.2, 0) is 5.41 Å². The summed E-state index contributed by atoms with van der Waals surface area (Å²) in [6.07, 6.45) is 2.98. The normalized spacial score (nSPS) is 31.2. The van der Waals surface area contributed by atoms with Crippen LogP contribution in [0.1, 0.15) is 31.2 Å². The van der Waals surface area contributed by atoms with Gasteiger partial charge in [0.25, 0.3) is 0 Å². The number of halogens is 2. The van der Waals surface area contributed by atoms with E-state index in [1.54, 1.807) is 12.1 Å². The molecule has 0 unspecified atom stereocenters. The Morgan fingerprint density at radius 1 is 1.30 bits per heavy atom. The van der Waals surface area contributed by atoms with Crippen molar-refractivity contribution in [1.82, 2.24) is 4.90 Å². The molecule has 1 N–H and O–H groups in total. The molecule has 3 rings (SSSR count). The fraction of sp³-hybridized carbons (Fsp3) is 0.647. The van der Waals surface area contributed by atoms with Gasteiger partial charge in [-0.3, -0.25) is 0 Å². The molecule has 6 heteroatoms. The SMILES string of the molecule is COc1ccc([C@@]23CC[C@@H](O)C[C@@H]2N(C)CC3)cc1OC(F)F. The smallest absolute Gasteiger partial charge is 0.387 e. The lowest BCUT2D eigenvalue weighted by molar-refractivity contribution is -0.0513. The molecule has 1 saturated heterocycles. The summed E-state index contributed by atoms with van der Waals surface area (Å²) in [4.78, 5) is 2.26. The number of likely N-dealkylation sites (N-methyl/N-ethyl adjacent to an activating group) is 1. The third-order valence-corrected chi connectivity index (χ3v) is 5.45. The first-order valence-corrected chi connectivity index (χ1v) is 7.98. The van der Waals surface area contributed by atoms with Crippen molar-refractivity contribution in [2.45, 2.75) is 49.9 Å². The van der Waals surface area contributed by atoms with Crippen LogP contribution in [0.4, 0.5) is 8.78 Å². The molecule has 1 aliphatic carbocycles. The Morgan fingerprint density at radius 2 is 2.09 bits per heavy atom. The molecule has 23 heavy (non-hydrogen) atoms. The number of aliphatic hydroxyl groups is 1. The van der Waals surface area contributed by atoms with E-state index in [2.05, 4.69) is 16.7 Å². The lowest BCUT2D eigenvalue weighted by atomic mass is 9.65. The zero-order valence-corrected chi connectivity index (χ0v) is 13.5. The molecule has 1 heterocycles. The van der Waals surface area contributed by atoms with Gasteiger partial charge in [0.15, 0.2) is 11.5 Å². The predicted octanol–water partition coefficient (Wildman–Crippen LogP) is 2.78. The van der Waals surface area contributed by atoms with Crippen molar-refractivity contribution >= 4 is 0 Å². The first kappa shape index (κ1) is 16.5. The molecule has 2 fully saturated rings. The summed E-state index contributed by atoms with van der Waals surface area (Å²) in [6.45, 7) is -1.94. The Labute approximate surface area is 135 Å². The number of fused-ring (bicyclic) bond motifs is 1. The molecule has 0 bridgehead atoms. The van der Waals surface area contributed by atoms with E-state index in [-0.39, 0.29) is 23.3 Å². The maximum absolute atomic E-state index is 12.7. The first-order chi connectivity index (χ1) is 11.0. The fourth-order valence-corrected chi connectivity index (χ4v) is 4.27. The molecule has 0 aromatic heterocycles. The van der Waals surface area contributed by atoms with Gasteiger partial charge in [-0.1, -0.05) is 6.07 Å². The standard InChI is InChI=1S/C17H23F2NO3/c1-20-8-7-17(6-5-12(21)10-15(17)20)11-3-4-13(22-2)14(9-11)23-16(18)19/h3-4,9,12,15-16,21H,5-8,10H2,1-2H3/t12-,15+,17+/m1/s1. The van der Waals surface area contributed by atoms with Crippen molar-refractivity contribution in [3.63, 3.8) is 0 Å². The highest BCUT2D eigenvalue weighted by molar-refractivity contribution is 5.46. The third kappa shape index (κ3) is 2.90. The van der Waals surface area contributed by atoms with Gasteiger partial charge in [0.05, 0.1) is 13.2 Å². The zero-order valence-electron chi connectivity index (χ0n) is 13.5. The number of rotatable bonds is 4. The van der Waals surface area contributed by atoms with E-state index in [0.717, 1.165) is 31.4 Å². The highest BCUT2D eigenvalue weighted by atomic mass is 19.3. The van der Waals surface area contributed by atoms with Crippen LogP contribution in [-0.4, -0.2) is 49.5 Å². The highest BCUT2D eigenvalue weighted by Crippen LogP contribution is 2.49. The van der Waals surface area contributed by atoms with Gasteiger partial charge in [-0.05, 0) is 57.0 Å². The molecule has 4 nitrogen and oxygen atoms in total. The van der Waals surface area contributed by atoms with Crippen molar-refractivity contribution in [2.24, 2.45) is 0 Å². The summed E-state index contributed by atoms with van der Waals surface area (Å²) < 4.78 is 35.1. The van der Waals surface area contributed by atoms with Crippen LogP contribution >= 0.6 is 0 Å². The van der Waals surface area contributed by atoms with E-state index in [9.17, 15) is 13.9 Å². The Kier molecular flexibility index (Phi) is 4.47. The number of likely N-dealkylation sites (tertiary alicyclic amines) is 1. The monoisotopic (exact) mass is 327 g/mol. The number of hydrogen-bond acceptors (Lipinski definition) is 4. The lowest BCUT2D eigenvalue weighted by Gasteiger charge is -2.43. The fourth-order valence-electron chi connectivity index (χ4n) is 4.27. The van der Waals surface area contributed by atoms with Gasteiger partial charge in [0.1, 0.15) is 0 Å².